The second kappa shape index (κ2) is 8.29. The average Bonchev–Trinajstić information content (AvgIpc) is 3.13. The van der Waals surface area contributed by atoms with Gasteiger partial charge in [-0.1, -0.05) is 41.4 Å². The summed E-state index contributed by atoms with van der Waals surface area (Å²) in [5.41, 5.74) is 1.30. The van der Waals surface area contributed by atoms with Gasteiger partial charge in [-0.2, -0.15) is 0 Å². The molecule has 8 heteroatoms. The van der Waals surface area contributed by atoms with Crippen LogP contribution in [0.3, 0.4) is 0 Å². The van der Waals surface area contributed by atoms with Crippen LogP contribution in [0.1, 0.15) is 10.9 Å². The van der Waals surface area contributed by atoms with Crippen LogP contribution in [0.5, 0.6) is 11.5 Å². The number of benzene rings is 2. The van der Waals surface area contributed by atoms with Gasteiger partial charge in [0.2, 0.25) is 0 Å². The van der Waals surface area contributed by atoms with Crippen molar-refractivity contribution in [2.45, 2.75) is 5.37 Å². The third-order valence-corrected chi connectivity index (χ3v) is 5.92. The van der Waals surface area contributed by atoms with Gasteiger partial charge in [0, 0.05) is 17.9 Å². The number of hydrogen-bond donors (Lipinski definition) is 1. The van der Waals surface area contributed by atoms with Crippen LogP contribution < -0.4 is 14.8 Å². The molecule has 2 aromatic rings. The Balaban J connectivity index is 1.88. The number of nitrogens with one attached hydrogen (secondary N) is 1. The minimum absolute atomic E-state index is 0.193. The van der Waals surface area contributed by atoms with Crippen LogP contribution in [-0.4, -0.2) is 37.4 Å². The maximum Gasteiger partial charge on any atom is 0.323 e. The van der Waals surface area contributed by atoms with Crippen molar-refractivity contribution in [3.05, 3.63) is 52.0 Å². The molecule has 0 aromatic heterocycles. The Hall–Kier alpha value is -1.76. The second-order valence-corrected chi connectivity index (χ2v) is 7.53. The Labute approximate surface area is 166 Å². The van der Waals surface area contributed by atoms with Crippen molar-refractivity contribution >= 4 is 46.7 Å². The number of thioether (sulfide) groups is 1. The zero-order valence-electron chi connectivity index (χ0n) is 14.3. The first-order chi connectivity index (χ1) is 12.6. The summed E-state index contributed by atoms with van der Waals surface area (Å²) in [5, 5.41) is 3.42. The molecule has 2 aromatic carbocycles. The summed E-state index contributed by atoms with van der Waals surface area (Å²) in [5.74, 6) is 2.07. The standard InChI is InChI=1S/C18H18Cl2N2O3S/c1-24-14-8-3-5-11(16(14)25-2)17-22(9-10-26-17)18(23)21-15-12(19)6-4-7-13(15)20/h3-8,17H,9-10H2,1-2H3,(H,21,23)/t17-/m0/s1. The lowest BCUT2D eigenvalue weighted by molar-refractivity contribution is 0.213. The van der Waals surface area contributed by atoms with Crippen molar-refractivity contribution in [2.24, 2.45) is 0 Å². The molecule has 2 amide bonds. The van der Waals surface area contributed by atoms with Crippen LogP contribution in [0.15, 0.2) is 36.4 Å². The van der Waals surface area contributed by atoms with Gasteiger partial charge in [0.05, 0.1) is 30.0 Å². The molecule has 1 heterocycles. The summed E-state index contributed by atoms with van der Waals surface area (Å²) in [7, 11) is 3.18. The second-order valence-electron chi connectivity index (χ2n) is 5.53. The van der Waals surface area contributed by atoms with E-state index in [1.165, 1.54) is 0 Å². The van der Waals surface area contributed by atoms with Crippen molar-refractivity contribution in [3.63, 3.8) is 0 Å². The number of carbonyl (C=O) groups is 1. The number of methoxy groups -OCH3 is 2. The molecule has 0 saturated carbocycles. The van der Waals surface area contributed by atoms with Gasteiger partial charge in [-0.25, -0.2) is 4.79 Å². The molecule has 1 atom stereocenters. The highest BCUT2D eigenvalue weighted by Crippen LogP contribution is 2.45. The molecule has 0 spiro atoms. The minimum atomic E-state index is -0.264. The predicted molar refractivity (Wildman–Crippen MR) is 107 cm³/mol. The van der Waals surface area contributed by atoms with Crippen LogP contribution in [0.25, 0.3) is 0 Å². The lowest BCUT2D eigenvalue weighted by Gasteiger charge is -2.26. The van der Waals surface area contributed by atoms with Crippen molar-refractivity contribution in [1.82, 2.24) is 4.90 Å². The van der Waals surface area contributed by atoms with E-state index in [1.807, 2.05) is 18.2 Å². The van der Waals surface area contributed by atoms with E-state index >= 15 is 0 Å². The quantitative estimate of drug-likeness (QED) is 0.740. The fourth-order valence-electron chi connectivity index (χ4n) is 2.84. The molecule has 5 nitrogen and oxygen atoms in total. The molecule has 1 N–H and O–H groups in total. The van der Waals surface area contributed by atoms with Crippen molar-refractivity contribution in [1.29, 1.82) is 0 Å². The molecule has 0 unspecified atom stereocenters. The van der Waals surface area contributed by atoms with Gasteiger partial charge in [-0.15, -0.1) is 11.8 Å². The van der Waals surface area contributed by atoms with E-state index < -0.39 is 0 Å². The lowest BCUT2D eigenvalue weighted by atomic mass is 10.1. The molecule has 0 radical (unpaired) electrons. The van der Waals surface area contributed by atoms with Gasteiger partial charge in [-0.05, 0) is 18.2 Å². The SMILES string of the molecule is COc1cccc([C@@H]2SCCN2C(=O)Nc2c(Cl)cccc2Cl)c1OC. The van der Waals surface area contributed by atoms with Gasteiger partial charge in [0.1, 0.15) is 5.37 Å². The summed E-state index contributed by atoms with van der Waals surface area (Å²) < 4.78 is 10.9. The van der Waals surface area contributed by atoms with E-state index in [-0.39, 0.29) is 11.4 Å². The summed E-state index contributed by atoms with van der Waals surface area (Å²) in [6.07, 6.45) is 0. The first kappa shape index (κ1) is 19.0. The van der Waals surface area contributed by atoms with Crippen LogP contribution in [0.4, 0.5) is 10.5 Å². The smallest absolute Gasteiger partial charge is 0.323 e. The molecule has 3 rings (SSSR count). The fourth-order valence-corrected chi connectivity index (χ4v) is 4.60. The molecule has 1 saturated heterocycles. The molecule has 0 bridgehead atoms. The highest BCUT2D eigenvalue weighted by Gasteiger charge is 2.34. The highest BCUT2D eigenvalue weighted by molar-refractivity contribution is 7.99. The van der Waals surface area contributed by atoms with Gasteiger partial charge in [0.15, 0.2) is 11.5 Å². The van der Waals surface area contributed by atoms with Gasteiger partial charge in [-0.3, -0.25) is 0 Å². The maximum absolute atomic E-state index is 12.9. The van der Waals surface area contributed by atoms with Gasteiger partial charge < -0.3 is 19.7 Å². The van der Waals surface area contributed by atoms with Crippen molar-refractivity contribution in [3.8, 4) is 11.5 Å². The van der Waals surface area contributed by atoms with Gasteiger partial charge >= 0.3 is 6.03 Å². The van der Waals surface area contributed by atoms with E-state index in [0.29, 0.717) is 33.8 Å². The fraction of sp³-hybridized carbons (Fsp3) is 0.278. The Bertz CT molecular complexity index is 799. The summed E-state index contributed by atoms with van der Waals surface area (Å²) in [6, 6.07) is 10.5. The Morgan fingerprint density at radius 2 is 1.85 bits per heavy atom. The number of nitrogens with zero attached hydrogens (tertiary/aromatic N) is 1. The number of halogens is 2. The third kappa shape index (κ3) is 3.68. The number of rotatable bonds is 4. The summed E-state index contributed by atoms with van der Waals surface area (Å²) in [4.78, 5) is 14.6. The van der Waals surface area contributed by atoms with E-state index in [4.69, 9.17) is 32.7 Å². The molecule has 1 fully saturated rings. The monoisotopic (exact) mass is 412 g/mol. The van der Waals surface area contributed by atoms with Crippen molar-refractivity contribution in [2.75, 3.05) is 31.8 Å². The molecule has 1 aliphatic rings. The highest BCUT2D eigenvalue weighted by atomic mass is 35.5. The van der Waals surface area contributed by atoms with E-state index in [2.05, 4.69) is 5.32 Å². The number of anilines is 1. The number of urea groups is 1. The summed E-state index contributed by atoms with van der Waals surface area (Å²) in [6.45, 7) is 0.601. The number of amides is 2. The minimum Gasteiger partial charge on any atom is -0.493 e. The Morgan fingerprint density at radius 3 is 2.50 bits per heavy atom. The van der Waals surface area contributed by atoms with E-state index in [9.17, 15) is 4.79 Å². The number of para-hydroxylation sites is 2. The van der Waals surface area contributed by atoms with Crippen molar-refractivity contribution < 1.29 is 14.3 Å². The van der Waals surface area contributed by atoms with E-state index in [0.717, 1.165) is 11.3 Å². The lowest BCUT2D eigenvalue weighted by Crippen LogP contribution is -2.34. The average molecular weight is 413 g/mol. The predicted octanol–water partition coefficient (Wildman–Crippen LogP) is 5.29. The third-order valence-electron chi connectivity index (χ3n) is 4.05. The molecular weight excluding hydrogens is 395 g/mol. The zero-order chi connectivity index (χ0) is 18.7. The number of ether oxygens (including phenoxy) is 2. The largest absolute Gasteiger partial charge is 0.493 e. The Morgan fingerprint density at radius 1 is 1.15 bits per heavy atom. The van der Waals surface area contributed by atoms with Crippen LogP contribution >= 0.6 is 35.0 Å². The maximum atomic E-state index is 12.9. The van der Waals surface area contributed by atoms with Crippen LogP contribution in [0, 0.1) is 0 Å². The van der Waals surface area contributed by atoms with Gasteiger partial charge in [0.25, 0.3) is 0 Å². The summed E-state index contributed by atoms with van der Waals surface area (Å²) >= 11 is 14.0. The first-order valence-corrected chi connectivity index (χ1v) is 9.71. The zero-order valence-corrected chi connectivity index (χ0v) is 16.6. The number of hydrogen-bond acceptors (Lipinski definition) is 4. The first-order valence-electron chi connectivity index (χ1n) is 7.91. The molecular formula is C18H18Cl2N2O3S. The molecule has 1 aliphatic heterocycles. The molecule has 138 valence electrons. The van der Waals surface area contributed by atoms with E-state index in [1.54, 1.807) is 49.1 Å². The Kier molecular flexibility index (Phi) is 6.06. The van der Waals surface area contributed by atoms with Crippen LogP contribution in [0.2, 0.25) is 10.0 Å². The topological polar surface area (TPSA) is 50.8 Å². The molecule has 26 heavy (non-hydrogen) atoms. The van der Waals surface area contributed by atoms with Crippen LogP contribution in [-0.2, 0) is 0 Å². The molecule has 0 aliphatic carbocycles. The number of carbonyl (C=O) groups excluding carboxylic acids is 1. The normalized spacial score (nSPS) is 16.5.